The van der Waals surface area contributed by atoms with Crippen LogP contribution in [0.15, 0.2) is 36.9 Å². The molecule has 1 aliphatic carbocycles. The van der Waals surface area contributed by atoms with Crippen molar-refractivity contribution in [2.45, 2.75) is 31.3 Å². The summed E-state index contributed by atoms with van der Waals surface area (Å²) in [5.74, 6) is 0. The largest absolute Gasteiger partial charge is 0.385 e. The molecule has 1 nitrogen and oxygen atoms in total. The van der Waals surface area contributed by atoms with Crippen molar-refractivity contribution < 1.29 is 5.11 Å². The van der Waals surface area contributed by atoms with Crippen LogP contribution in [0, 0.1) is 0 Å². The van der Waals surface area contributed by atoms with Gasteiger partial charge in [0, 0.05) is 0 Å². The highest BCUT2D eigenvalue weighted by molar-refractivity contribution is 5.35. The number of benzene rings is 1. The molecular weight excluding hydrogens is 172 g/mol. The molecule has 0 spiro atoms. The lowest BCUT2D eigenvalue weighted by molar-refractivity contribution is 0.0218. The van der Waals surface area contributed by atoms with E-state index in [4.69, 9.17) is 0 Å². The van der Waals surface area contributed by atoms with Gasteiger partial charge in [-0.2, -0.15) is 0 Å². The first-order valence-electron chi connectivity index (χ1n) is 5.18. The van der Waals surface area contributed by atoms with Crippen molar-refractivity contribution in [3.63, 3.8) is 0 Å². The topological polar surface area (TPSA) is 20.2 Å². The van der Waals surface area contributed by atoms with Crippen molar-refractivity contribution in [2.24, 2.45) is 0 Å². The summed E-state index contributed by atoms with van der Waals surface area (Å²) in [5.41, 5.74) is 1.74. The fourth-order valence-electron chi connectivity index (χ4n) is 2.35. The van der Waals surface area contributed by atoms with E-state index in [1.807, 2.05) is 24.3 Å². The average molecular weight is 188 g/mol. The molecule has 14 heavy (non-hydrogen) atoms. The number of hydrogen-bond donors (Lipinski definition) is 1. The van der Waals surface area contributed by atoms with E-state index >= 15 is 0 Å². The van der Waals surface area contributed by atoms with Gasteiger partial charge in [-0.25, -0.2) is 0 Å². The van der Waals surface area contributed by atoms with Crippen LogP contribution in [0.2, 0.25) is 0 Å². The van der Waals surface area contributed by atoms with Gasteiger partial charge in [-0.1, -0.05) is 30.3 Å². The highest BCUT2D eigenvalue weighted by atomic mass is 16.3. The van der Waals surface area contributed by atoms with E-state index in [1.165, 1.54) is 5.56 Å². The molecule has 1 aromatic carbocycles. The van der Waals surface area contributed by atoms with Crippen molar-refractivity contribution in [1.29, 1.82) is 0 Å². The fraction of sp³-hybridized carbons (Fsp3) is 0.385. The van der Waals surface area contributed by atoms with Crippen molar-refractivity contribution >= 4 is 0 Å². The second-order valence-electron chi connectivity index (χ2n) is 4.04. The summed E-state index contributed by atoms with van der Waals surface area (Å²) in [7, 11) is 0. The highest BCUT2D eigenvalue weighted by Crippen LogP contribution is 2.37. The SMILES string of the molecule is C=CCC1(O)CCCc2ccccc21. The summed E-state index contributed by atoms with van der Waals surface area (Å²) < 4.78 is 0. The summed E-state index contributed by atoms with van der Waals surface area (Å²) in [6, 6.07) is 8.19. The molecule has 1 atom stereocenters. The molecule has 0 fully saturated rings. The Hall–Kier alpha value is -1.08. The Morgan fingerprint density at radius 1 is 1.43 bits per heavy atom. The number of fused-ring (bicyclic) bond motifs is 1. The molecule has 0 aromatic heterocycles. The van der Waals surface area contributed by atoms with E-state index in [0.717, 1.165) is 24.8 Å². The van der Waals surface area contributed by atoms with Crippen LogP contribution >= 0.6 is 0 Å². The quantitative estimate of drug-likeness (QED) is 0.707. The number of hydrogen-bond acceptors (Lipinski definition) is 1. The molecule has 2 rings (SSSR count). The third kappa shape index (κ3) is 1.48. The fourth-order valence-corrected chi connectivity index (χ4v) is 2.35. The third-order valence-corrected chi connectivity index (χ3v) is 3.04. The Morgan fingerprint density at radius 2 is 2.21 bits per heavy atom. The normalized spacial score (nSPS) is 25.5. The van der Waals surface area contributed by atoms with E-state index in [2.05, 4.69) is 12.6 Å². The van der Waals surface area contributed by atoms with E-state index in [1.54, 1.807) is 0 Å². The third-order valence-electron chi connectivity index (χ3n) is 3.04. The molecule has 1 aromatic rings. The minimum absolute atomic E-state index is 0.656. The Morgan fingerprint density at radius 3 is 3.00 bits per heavy atom. The van der Waals surface area contributed by atoms with Crippen molar-refractivity contribution in [3.05, 3.63) is 48.0 Å². The van der Waals surface area contributed by atoms with Crippen LogP contribution in [-0.4, -0.2) is 5.11 Å². The van der Waals surface area contributed by atoms with Gasteiger partial charge in [0.05, 0.1) is 5.60 Å². The van der Waals surface area contributed by atoms with Gasteiger partial charge < -0.3 is 5.11 Å². The van der Waals surface area contributed by atoms with E-state index in [9.17, 15) is 5.11 Å². The molecule has 0 bridgehead atoms. The molecule has 74 valence electrons. The molecule has 0 saturated carbocycles. The lowest BCUT2D eigenvalue weighted by atomic mass is 9.77. The lowest BCUT2D eigenvalue weighted by Gasteiger charge is -2.33. The molecular formula is C13H16O. The summed E-state index contributed by atoms with van der Waals surface area (Å²) in [5, 5.41) is 10.5. The Kier molecular flexibility index (Phi) is 2.42. The van der Waals surface area contributed by atoms with Crippen molar-refractivity contribution in [3.8, 4) is 0 Å². The minimum atomic E-state index is -0.656. The first-order valence-corrected chi connectivity index (χ1v) is 5.18. The summed E-state index contributed by atoms with van der Waals surface area (Å²) in [6.45, 7) is 3.71. The van der Waals surface area contributed by atoms with Gasteiger partial charge in [-0.05, 0) is 36.8 Å². The Bertz CT molecular complexity index is 343. The summed E-state index contributed by atoms with van der Waals surface area (Å²) >= 11 is 0. The van der Waals surface area contributed by atoms with E-state index < -0.39 is 5.60 Å². The monoisotopic (exact) mass is 188 g/mol. The molecule has 1 N–H and O–H groups in total. The van der Waals surface area contributed by atoms with Crippen LogP contribution in [0.4, 0.5) is 0 Å². The molecule has 1 unspecified atom stereocenters. The smallest absolute Gasteiger partial charge is 0.0933 e. The van der Waals surface area contributed by atoms with Gasteiger partial charge in [-0.15, -0.1) is 6.58 Å². The average Bonchev–Trinajstić information content (AvgIpc) is 2.19. The maximum absolute atomic E-state index is 10.5. The van der Waals surface area contributed by atoms with E-state index in [0.29, 0.717) is 6.42 Å². The highest BCUT2D eigenvalue weighted by Gasteiger charge is 2.32. The molecule has 0 saturated heterocycles. The molecule has 0 heterocycles. The van der Waals surface area contributed by atoms with Crippen molar-refractivity contribution in [2.75, 3.05) is 0 Å². The summed E-state index contributed by atoms with van der Waals surface area (Å²) in [6.07, 6.45) is 5.49. The zero-order chi connectivity index (χ0) is 10.0. The standard InChI is InChI=1S/C13H16O/c1-2-9-13(14)10-5-7-11-6-3-4-8-12(11)13/h2-4,6,8,14H,1,5,7,9-10H2. The lowest BCUT2D eigenvalue weighted by Crippen LogP contribution is -2.29. The molecule has 1 aliphatic rings. The summed E-state index contributed by atoms with van der Waals surface area (Å²) in [4.78, 5) is 0. The Labute approximate surface area is 85.1 Å². The first kappa shape index (κ1) is 9.47. The van der Waals surface area contributed by atoms with Crippen LogP contribution in [0.3, 0.4) is 0 Å². The Balaban J connectivity index is 2.44. The number of rotatable bonds is 2. The van der Waals surface area contributed by atoms with Crippen LogP contribution in [0.1, 0.15) is 30.4 Å². The van der Waals surface area contributed by atoms with Gasteiger partial charge in [-0.3, -0.25) is 0 Å². The van der Waals surface area contributed by atoms with Gasteiger partial charge in [0.2, 0.25) is 0 Å². The van der Waals surface area contributed by atoms with Gasteiger partial charge in [0.1, 0.15) is 0 Å². The van der Waals surface area contributed by atoms with Crippen LogP contribution in [-0.2, 0) is 12.0 Å². The molecule has 0 amide bonds. The van der Waals surface area contributed by atoms with Gasteiger partial charge >= 0.3 is 0 Å². The van der Waals surface area contributed by atoms with Crippen LogP contribution in [0.5, 0.6) is 0 Å². The second kappa shape index (κ2) is 3.58. The first-order chi connectivity index (χ1) is 6.76. The molecule has 1 heteroatoms. The van der Waals surface area contributed by atoms with Crippen LogP contribution < -0.4 is 0 Å². The predicted octanol–water partition coefficient (Wildman–Crippen LogP) is 2.79. The second-order valence-corrected chi connectivity index (χ2v) is 4.04. The van der Waals surface area contributed by atoms with Crippen LogP contribution in [0.25, 0.3) is 0 Å². The zero-order valence-electron chi connectivity index (χ0n) is 8.37. The van der Waals surface area contributed by atoms with E-state index in [-0.39, 0.29) is 0 Å². The molecule has 0 aliphatic heterocycles. The maximum atomic E-state index is 10.5. The predicted molar refractivity (Wildman–Crippen MR) is 58.1 cm³/mol. The number of aryl methyl sites for hydroxylation is 1. The zero-order valence-corrected chi connectivity index (χ0v) is 8.37. The van der Waals surface area contributed by atoms with Crippen molar-refractivity contribution in [1.82, 2.24) is 0 Å². The maximum Gasteiger partial charge on any atom is 0.0933 e. The van der Waals surface area contributed by atoms with Gasteiger partial charge in [0.25, 0.3) is 0 Å². The van der Waals surface area contributed by atoms with Gasteiger partial charge in [0.15, 0.2) is 0 Å². The minimum Gasteiger partial charge on any atom is -0.385 e. The number of aliphatic hydroxyl groups is 1. The molecule has 0 radical (unpaired) electrons.